The average molecular weight is 447 g/mol. The molecular formula is C23H46O6Si. The highest BCUT2D eigenvalue weighted by Crippen LogP contribution is 2.21. The van der Waals surface area contributed by atoms with Gasteiger partial charge in [-0.2, -0.15) is 0 Å². The van der Waals surface area contributed by atoms with E-state index in [-0.39, 0.29) is 18.0 Å². The number of carbonyl (C=O) groups is 3. The van der Waals surface area contributed by atoms with Crippen molar-refractivity contribution in [1.29, 1.82) is 0 Å². The van der Waals surface area contributed by atoms with Crippen molar-refractivity contribution in [3.63, 3.8) is 0 Å². The average Bonchev–Trinajstić information content (AvgIpc) is 3.22. The van der Waals surface area contributed by atoms with E-state index in [4.69, 9.17) is 9.84 Å². The number of ether oxygens (including phenoxy) is 1. The highest BCUT2D eigenvalue weighted by Gasteiger charge is 2.18. The molecule has 178 valence electrons. The summed E-state index contributed by atoms with van der Waals surface area (Å²) < 4.78 is 9.92. The van der Waals surface area contributed by atoms with Crippen molar-refractivity contribution in [2.75, 3.05) is 0 Å². The summed E-state index contributed by atoms with van der Waals surface area (Å²) in [5, 5.41) is 8.14. The van der Waals surface area contributed by atoms with Crippen LogP contribution in [0.15, 0.2) is 0 Å². The van der Waals surface area contributed by atoms with Crippen molar-refractivity contribution in [1.82, 2.24) is 0 Å². The predicted molar refractivity (Wildman–Crippen MR) is 124 cm³/mol. The number of rotatable bonds is 13. The fourth-order valence-corrected chi connectivity index (χ4v) is 3.12. The Labute approximate surface area is 187 Å². The number of esters is 1. The van der Waals surface area contributed by atoms with Crippen LogP contribution in [-0.4, -0.2) is 39.6 Å². The molecule has 1 rings (SSSR count). The smallest absolute Gasteiger partial charge is 0.306 e. The van der Waals surface area contributed by atoms with E-state index in [1.54, 1.807) is 0 Å². The highest BCUT2D eigenvalue weighted by atomic mass is 28.2. The lowest BCUT2D eigenvalue weighted by Crippen LogP contribution is -2.14. The van der Waals surface area contributed by atoms with Crippen LogP contribution in [0, 0.1) is 0 Å². The van der Waals surface area contributed by atoms with Crippen LogP contribution >= 0.6 is 0 Å². The Morgan fingerprint density at radius 1 is 0.767 bits per heavy atom. The van der Waals surface area contributed by atoms with E-state index in [0.717, 1.165) is 70.6 Å². The number of unbranched alkanes of at least 4 members (excludes halogenated alkanes) is 6. The van der Waals surface area contributed by atoms with Crippen LogP contribution in [0.1, 0.15) is 124 Å². The van der Waals surface area contributed by atoms with Crippen LogP contribution in [0.4, 0.5) is 0 Å². The molecule has 0 radical (unpaired) electrons. The summed E-state index contributed by atoms with van der Waals surface area (Å²) in [6, 6.07) is 0. The van der Waals surface area contributed by atoms with Crippen molar-refractivity contribution >= 4 is 28.4 Å². The van der Waals surface area contributed by atoms with Crippen LogP contribution in [0.3, 0.4) is 0 Å². The maximum absolute atomic E-state index is 11.3. The van der Waals surface area contributed by atoms with E-state index in [0.29, 0.717) is 29.7 Å². The summed E-state index contributed by atoms with van der Waals surface area (Å²) in [4.78, 5) is 31.6. The molecule has 0 saturated heterocycles. The number of carbonyl (C=O) groups excluding carboxylic acids is 2. The van der Waals surface area contributed by atoms with Crippen molar-refractivity contribution in [2.45, 2.75) is 130 Å². The zero-order chi connectivity index (χ0) is 23.0. The lowest BCUT2D eigenvalue weighted by molar-refractivity contribution is -0.149. The van der Waals surface area contributed by atoms with Crippen LogP contribution in [0.2, 0.25) is 0 Å². The minimum absolute atomic E-state index is 0.0142. The number of aliphatic carboxylic acids is 1. The lowest BCUT2D eigenvalue weighted by Gasteiger charge is -2.10. The highest BCUT2D eigenvalue weighted by molar-refractivity contribution is 6.05. The van der Waals surface area contributed by atoms with E-state index in [9.17, 15) is 14.4 Å². The molecule has 0 heterocycles. The molecule has 0 aromatic heterocycles. The lowest BCUT2D eigenvalue weighted by atomic mass is 10.2. The Hall–Kier alpha value is -1.37. The topological polar surface area (TPSA) is 89.9 Å². The Bertz CT molecular complexity index is 422. The minimum atomic E-state index is -0.682. The molecule has 0 spiro atoms. The van der Waals surface area contributed by atoms with Gasteiger partial charge in [0.2, 0.25) is 10.5 Å². The van der Waals surface area contributed by atoms with E-state index < -0.39 is 5.97 Å². The minimum Gasteiger partial charge on any atom is -0.529 e. The molecule has 0 amide bonds. The number of hydrogen-bond acceptors (Lipinski definition) is 5. The standard InChI is InChI=1S/C11H20O2.C6H14O2Si.C6H12O2/c1-2-3-4-9-11(12)13-10-7-5-6-8-10;1-2-3-4-5-6(7)8-9;1-2-3-4-5-6(7)8/h10H,2-9H2,1H3;2-5H2,1,9H3;2-5H2,1H3,(H,7,8). The zero-order valence-electron chi connectivity index (χ0n) is 19.9. The number of carboxylic acids is 1. The molecule has 6 nitrogen and oxygen atoms in total. The molecule has 1 fully saturated rings. The predicted octanol–water partition coefficient (Wildman–Crippen LogP) is 5.09. The first-order valence-corrected chi connectivity index (χ1v) is 12.7. The summed E-state index contributed by atoms with van der Waals surface area (Å²) in [6.07, 6.45) is 15.9. The molecule has 0 unspecified atom stereocenters. The molecule has 0 atom stereocenters. The van der Waals surface area contributed by atoms with Gasteiger partial charge in [0, 0.05) is 19.3 Å². The first-order chi connectivity index (χ1) is 14.4. The van der Waals surface area contributed by atoms with Crippen molar-refractivity contribution in [2.24, 2.45) is 0 Å². The SMILES string of the molecule is CCCCCC(=O)O.CCCCCC(=O)OC1CCCC1.CCCCCC(=O)O[SiH3]. The third kappa shape index (κ3) is 24.7. The maximum Gasteiger partial charge on any atom is 0.306 e. The third-order valence-corrected chi connectivity index (χ3v) is 5.25. The largest absolute Gasteiger partial charge is 0.529 e. The van der Waals surface area contributed by atoms with Gasteiger partial charge >= 0.3 is 11.9 Å². The summed E-state index contributed by atoms with van der Waals surface area (Å²) in [5.41, 5.74) is 0. The molecule has 0 aliphatic heterocycles. The fraction of sp³-hybridized carbons (Fsp3) is 0.870. The fourth-order valence-electron chi connectivity index (χ4n) is 2.92. The Kier molecular flexibility index (Phi) is 24.6. The molecule has 1 aliphatic rings. The first kappa shape index (κ1) is 30.8. The maximum atomic E-state index is 11.3. The zero-order valence-corrected chi connectivity index (χ0v) is 21.9. The summed E-state index contributed by atoms with van der Waals surface area (Å²) in [6.45, 7) is 6.32. The van der Waals surface area contributed by atoms with Gasteiger partial charge in [0.25, 0.3) is 5.97 Å². The van der Waals surface area contributed by atoms with E-state index in [2.05, 4.69) is 25.2 Å². The summed E-state index contributed by atoms with van der Waals surface area (Å²) >= 11 is 0. The Balaban J connectivity index is 0. The van der Waals surface area contributed by atoms with E-state index >= 15 is 0 Å². The van der Waals surface area contributed by atoms with Crippen molar-refractivity contribution in [3.05, 3.63) is 0 Å². The van der Waals surface area contributed by atoms with Gasteiger partial charge in [-0.3, -0.25) is 14.4 Å². The quantitative estimate of drug-likeness (QED) is 0.241. The second-order valence-electron chi connectivity index (χ2n) is 7.74. The molecule has 1 N–H and O–H groups in total. The normalized spacial score (nSPS) is 12.9. The van der Waals surface area contributed by atoms with Gasteiger partial charge < -0.3 is 14.3 Å². The van der Waals surface area contributed by atoms with Crippen molar-refractivity contribution in [3.8, 4) is 0 Å². The van der Waals surface area contributed by atoms with Gasteiger partial charge in [-0.25, -0.2) is 0 Å². The second-order valence-corrected chi connectivity index (χ2v) is 8.15. The van der Waals surface area contributed by atoms with Crippen LogP contribution < -0.4 is 0 Å². The van der Waals surface area contributed by atoms with E-state index in [1.807, 2.05) is 0 Å². The molecule has 30 heavy (non-hydrogen) atoms. The molecule has 1 aliphatic carbocycles. The first-order valence-electron chi connectivity index (χ1n) is 11.9. The van der Waals surface area contributed by atoms with Gasteiger partial charge in [-0.15, -0.1) is 0 Å². The summed E-state index contributed by atoms with van der Waals surface area (Å²) in [7, 11) is 0.542. The Morgan fingerprint density at radius 2 is 1.20 bits per heavy atom. The Morgan fingerprint density at radius 3 is 1.60 bits per heavy atom. The van der Waals surface area contributed by atoms with Crippen LogP contribution in [-0.2, 0) is 23.5 Å². The molecular weight excluding hydrogens is 400 g/mol. The molecule has 0 aromatic carbocycles. The monoisotopic (exact) mass is 446 g/mol. The van der Waals surface area contributed by atoms with E-state index in [1.165, 1.54) is 12.8 Å². The number of carboxylic acid groups (broad SMARTS) is 1. The molecule has 1 saturated carbocycles. The molecule has 0 bridgehead atoms. The number of hydrogen-bond donors (Lipinski definition) is 1. The van der Waals surface area contributed by atoms with Gasteiger partial charge in [-0.05, 0) is 44.9 Å². The molecule has 0 aromatic rings. The molecule has 7 heteroatoms. The third-order valence-electron chi connectivity index (χ3n) is 4.79. The van der Waals surface area contributed by atoms with Gasteiger partial charge in [0.05, 0.1) is 0 Å². The van der Waals surface area contributed by atoms with Gasteiger partial charge in [0.1, 0.15) is 6.10 Å². The summed E-state index contributed by atoms with van der Waals surface area (Å²) in [5.74, 6) is -0.700. The van der Waals surface area contributed by atoms with Crippen LogP contribution in [0.25, 0.3) is 0 Å². The van der Waals surface area contributed by atoms with Gasteiger partial charge in [-0.1, -0.05) is 59.3 Å². The van der Waals surface area contributed by atoms with Gasteiger partial charge in [0.15, 0.2) is 0 Å². The van der Waals surface area contributed by atoms with Crippen LogP contribution in [0.5, 0.6) is 0 Å². The second kappa shape index (κ2) is 23.9. The van der Waals surface area contributed by atoms with Crippen molar-refractivity contribution < 1.29 is 28.7 Å².